The summed E-state index contributed by atoms with van der Waals surface area (Å²) in [5.74, 6) is -0.419. The van der Waals surface area contributed by atoms with Crippen molar-refractivity contribution in [1.29, 1.82) is 5.26 Å². The predicted octanol–water partition coefficient (Wildman–Crippen LogP) is 1.48. The molecular weight excluding hydrogens is 397 g/mol. The van der Waals surface area contributed by atoms with Crippen LogP contribution < -0.4 is 8.90 Å². The molecule has 0 bridgehead atoms. The van der Waals surface area contributed by atoms with Gasteiger partial charge in [0.1, 0.15) is 0 Å². The molecule has 0 saturated carbocycles. The zero-order valence-electron chi connectivity index (χ0n) is 13.9. The van der Waals surface area contributed by atoms with Crippen molar-refractivity contribution in [2.45, 2.75) is 33.7 Å². The zero-order chi connectivity index (χ0) is 17.0. The van der Waals surface area contributed by atoms with Gasteiger partial charge in [-0.3, -0.25) is 0 Å². The number of likely N-dealkylation sites (tertiary alicyclic amines) is 1. The Morgan fingerprint density at radius 1 is 1.39 bits per heavy atom. The Bertz CT molecular complexity index is 646. The molecule has 1 heterocycles. The average Bonchev–Trinajstić information content (AvgIpc) is 3.00. The van der Waals surface area contributed by atoms with Gasteiger partial charge < -0.3 is 0 Å². The Balaban J connectivity index is 1.98. The van der Waals surface area contributed by atoms with Crippen molar-refractivity contribution in [3.8, 4) is 6.07 Å². The molecule has 5 nitrogen and oxygen atoms in total. The van der Waals surface area contributed by atoms with Crippen LogP contribution in [0.1, 0.15) is 23.2 Å². The fourth-order valence-corrected chi connectivity index (χ4v) is 6.07. The minimum absolute atomic E-state index is 0.0555. The van der Waals surface area contributed by atoms with Crippen LogP contribution in [0.3, 0.4) is 0 Å². The maximum atomic E-state index is 12.3. The number of hydrogen-bond acceptors (Lipinski definition) is 3. The van der Waals surface area contributed by atoms with Crippen LogP contribution in [-0.2, 0) is 4.79 Å². The Hall–Kier alpha value is -1.55. The molecule has 6 heteroatoms. The van der Waals surface area contributed by atoms with E-state index in [9.17, 15) is 9.59 Å². The third-order valence-electron chi connectivity index (χ3n) is 4.11. The van der Waals surface area contributed by atoms with Crippen LogP contribution in [-0.4, -0.2) is 54.2 Å². The van der Waals surface area contributed by atoms with Gasteiger partial charge in [0.15, 0.2) is 0 Å². The van der Waals surface area contributed by atoms with Crippen molar-refractivity contribution in [3.05, 3.63) is 29.8 Å². The molecule has 0 spiro atoms. The third kappa shape index (κ3) is 4.47. The molecular formula is C17H23N3O2Sn. The van der Waals surface area contributed by atoms with Crippen LogP contribution >= 0.6 is 0 Å². The van der Waals surface area contributed by atoms with Crippen molar-refractivity contribution < 1.29 is 9.59 Å². The normalized spacial score (nSPS) is 17.7. The van der Waals surface area contributed by atoms with E-state index in [-0.39, 0.29) is 24.4 Å². The van der Waals surface area contributed by atoms with Gasteiger partial charge in [-0.1, -0.05) is 0 Å². The SMILES string of the molecule is [CH3][Sn]([CH3])([CH3])[c]1cccc(C(=O)NCC(=O)N2CCC[C@H]2C#N)c1. The molecule has 0 aliphatic carbocycles. The van der Waals surface area contributed by atoms with Crippen molar-refractivity contribution in [1.82, 2.24) is 10.2 Å². The number of hydrogen-bond donors (Lipinski definition) is 1. The summed E-state index contributed by atoms with van der Waals surface area (Å²) in [5, 5.41) is 11.7. The molecule has 1 aliphatic rings. The second kappa shape index (κ2) is 7.35. The summed E-state index contributed by atoms with van der Waals surface area (Å²) in [6, 6.07) is 9.50. The van der Waals surface area contributed by atoms with Crippen molar-refractivity contribution in [3.63, 3.8) is 0 Å². The molecule has 0 unspecified atom stereocenters. The Kier molecular flexibility index (Phi) is 5.68. The molecule has 1 aromatic carbocycles. The van der Waals surface area contributed by atoms with Crippen LogP contribution in [0, 0.1) is 11.3 Å². The number of nitrogens with zero attached hydrogens (tertiary/aromatic N) is 2. The van der Waals surface area contributed by atoms with Gasteiger partial charge in [0.2, 0.25) is 0 Å². The summed E-state index contributed by atoms with van der Waals surface area (Å²) < 4.78 is 1.28. The number of carbonyl (C=O) groups is 2. The summed E-state index contributed by atoms with van der Waals surface area (Å²) in [5.41, 5.74) is 0.597. The molecule has 23 heavy (non-hydrogen) atoms. The zero-order valence-corrected chi connectivity index (χ0v) is 16.8. The van der Waals surface area contributed by atoms with Gasteiger partial charge in [0.05, 0.1) is 0 Å². The van der Waals surface area contributed by atoms with E-state index in [2.05, 4.69) is 32.3 Å². The number of nitrogens with one attached hydrogen (secondary N) is 1. The first-order chi connectivity index (χ1) is 10.8. The number of carbonyl (C=O) groups excluding carboxylic acids is 2. The van der Waals surface area contributed by atoms with Crippen molar-refractivity contribution in [2.75, 3.05) is 13.1 Å². The second-order valence-electron chi connectivity index (χ2n) is 6.89. The molecule has 2 rings (SSSR count). The average molecular weight is 420 g/mol. The van der Waals surface area contributed by atoms with Gasteiger partial charge in [-0.05, 0) is 0 Å². The standard InChI is InChI=1S/C14H14N3O2.3CH3.Sn/c15-9-12-7-4-8-17(12)13(18)10-16-14(19)11-5-2-1-3-6-11;;;;/h1-2,5-6,12H,4,7-8,10H2,(H,16,19);3*1H3;/t12-;;;;/m0..../s1. The van der Waals surface area contributed by atoms with E-state index in [1.165, 1.54) is 3.58 Å². The molecule has 1 atom stereocenters. The van der Waals surface area contributed by atoms with Crippen LogP contribution in [0.25, 0.3) is 0 Å². The van der Waals surface area contributed by atoms with Crippen LogP contribution in [0.15, 0.2) is 24.3 Å². The molecule has 1 aromatic rings. The molecule has 1 aliphatic heterocycles. The number of rotatable bonds is 4. The maximum absolute atomic E-state index is 12.3. The summed E-state index contributed by atoms with van der Waals surface area (Å²) in [7, 11) is 0. The fourth-order valence-electron chi connectivity index (χ4n) is 2.69. The molecule has 2 amide bonds. The third-order valence-corrected chi connectivity index (χ3v) is 9.94. The summed E-state index contributed by atoms with van der Waals surface area (Å²) in [6.07, 6.45) is 1.56. The monoisotopic (exact) mass is 421 g/mol. The van der Waals surface area contributed by atoms with E-state index in [4.69, 9.17) is 5.26 Å². The number of benzene rings is 1. The molecule has 1 N–H and O–H groups in total. The van der Waals surface area contributed by atoms with Gasteiger partial charge in [-0.25, -0.2) is 0 Å². The quantitative estimate of drug-likeness (QED) is 0.751. The van der Waals surface area contributed by atoms with Gasteiger partial charge in [0.25, 0.3) is 0 Å². The summed E-state index contributed by atoms with van der Waals surface area (Å²) in [6.45, 7) is 0.543. The van der Waals surface area contributed by atoms with E-state index in [1.807, 2.05) is 12.1 Å². The van der Waals surface area contributed by atoms with Gasteiger partial charge in [-0.2, -0.15) is 0 Å². The van der Waals surface area contributed by atoms with Crippen LogP contribution in [0.5, 0.6) is 0 Å². The molecule has 1 saturated heterocycles. The molecule has 0 aromatic heterocycles. The first-order valence-corrected chi connectivity index (χ1v) is 17.9. The first kappa shape index (κ1) is 17.8. The van der Waals surface area contributed by atoms with E-state index in [1.54, 1.807) is 11.0 Å². The Labute approximate surface area is 141 Å². The van der Waals surface area contributed by atoms with Gasteiger partial charge in [0, 0.05) is 0 Å². The topological polar surface area (TPSA) is 73.2 Å². The van der Waals surface area contributed by atoms with Crippen molar-refractivity contribution >= 4 is 33.8 Å². The summed E-state index contributed by atoms with van der Waals surface area (Å²) >= 11 is -2.22. The molecule has 122 valence electrons. The van der Waals surface area contributed by atoms with E-state index >= 15 is 0 Å². The molecule has 0 radical (unpaired) electrons. The minimum atomic E-state index is -2.22. The first-order valence-electron chi connectivity index (χ1n) is 7.91. The van der Waals surface area contributed by atoms with Crippen molar-refractivity contribution in [2.24, 2.45) is 0 Å². The summed E-state index contributed by atoms with van der Waals surface area (Å²) in [4.78, 5) is 32.9. The second-order valence-corrected chi connectivity index (χ2v) is 21.4. The number of nitriles is 1. The molecule has 1 fully saturated rings. The Morgan fingerprint density at radius 2 is 2.13 bits per heavy atom. The van der Waals surface area contributed by atoms with E-state index < -0.39 is 18.4 Å². The fraction of sp³-hybridized carbons (Fsp3) is 0.471. The van der Waals surface area contributed by atoms with E-state index in [0.29, 0.717) is 12.1 Å². The van der Waals surface area contributed by atoms with Crippen LogP contribution in [0.2, 0.25) is 14.8 Å². The van der Waals surface area contributed by atoms with Crippen LogP contribution in [0.4, 0.5) is 0 Å². The van der Waals surface area contributed by atoms with E-state index in [0.717, 1.165) is 12.8 Å². The van der Waals surface area contributed by atoms with Gasteiger partial charge in [-0.15, -0.1) is 0 Å². The number of amides is 2. The Morgan fingerprint density at radius 3 is 2.78 bits per heavy atom. The predicted molar refractivity (Wildman–Crippen MR) is 92.1 cm³/mol. The van der Waals surface area contributed by atoms with Gasteiger partial charge >= 0.3 is 142 Å².